The van der Waals surface area contributed by atoms with E-state index in [4.69, 9.17) is 4.55 Å². The third kappa shape index (κ3) is 4.49. The van der Waals surface area contributed by atoms with Gasteiger partial charge in [-0.2, -0.15) is 8.42 Å². The summed E-state index contributed by atoms with van der Waals surface area (Å²) in [6.45, 7) is 2.84. The van der Waals surface area contributed by atoms with Crippen molar-refractivity contribution in [1.82, 2.24) is 5.32 Å². The fraction of sp³-hybridized carbons (Fsp3) is 1.00. The largest absolute Gasteiger partial charge is 0.311 e. The van der Waals surface area contributed by atoms with Crippen LogP contribution in [0.1, 0.15) is 45.4 Å². The fourth-order valence-electron chi connectivity index (χ4n) is 2.32. The lowest BCUT2D eigenvalue weighted by Crippen LogP contribution is -2.42. The van der Waals surface area contributed by atoms with Crippen molar-refractivity contribution >= 4 is 10.1 Å². The molecule has 90 valence electrons. The highest BCUT2D eigenvalue weighted by Gasteiger charge is 2.30. The molecule has 0 amide bonds. The van der Waals surface area contributed by atoms with Gasteiger partial charge in [-0.15, -0.1) is 0 Å². The van der Waals surface area contributed by atoms with Crippen LogP contribution in [-0.4, -0.2) is 30.8 Å². The van der Waals surface area contributed by atoms with Crippen molar-refractivity contribution in [2.45, 2.75) is 51.0 Å². The topological polar surface area (TPSA) is 66.4 Å². The highest BCUT2D eigenvalue weighted by atomic mass is 32.2. The van der Waals surface area contributed by atoms with Crippen molar-refractivity contribution in [2.24, 2.45) is 0 Å². The molecule has 15 heavy (non-hydrogen) atoms. The first-order valence-electron chi connectivity index (χ1n) is 5.68. The molecule has 0 atom stereocenters. The van der Waals surface area contributed by atoms with E-state index in [1.807, 2.05) is 0 Å². The minimum Gasteiger partial charge on any atom is -0.311 e. The molecule has 0 heterocycles. The lowest BCUT2D eigenvalue weighted by Gasteiger charge is -2.29. The number of hydrogen-bond donors (Lipinski definition) is 2. The van der Waals surface area contributed by atoms with Gasteiger partial charge in [0.25, 0.3) is 10.1 Å². The zero-order valence-electron chi connectivity index (χ0n) is 9.33. The van der Waals surface area contributed by atoms with Crippen molar-refractivity contribution in [1.29, 1.82) is 0 Å². The molecule has 1 fully saturated rings. The SMILES string of the molecule is CCC1(NCCCS(=O)(=O)O)CCCC1. The van der Waals surface area contributed by atoms with Gasteiger partial charge in [-0.05, 0) is 32.2 Å². The van der Waals surface area contributed by atoms with E-state index in [2.05, 4.69) is 12.2 Å². The van der Waals surface area contributed by atoms with Gasteiger partial charge in [0.05, 0.1) is 5.75 Å². The Morgan fingerprint density at radius 1 is 1.33 bits per heavy atom. The Morgan fingerprint density at radius 3 is 2.40 bits per heavy atom. The molecule has 5 heteroatoms. The molecule has 2 N–H and O–H groups in total. The third-order valence-corrected chi connectivity index (χ3v) is 4.12. The second-order valence-corrected chi connectivity index (χ2v) is 5.98. The molecule has 0 aromatic heterocycles. The summed E-state index contributed by atoms with van der Waals surface area (Å²) >= 11 is 0. The van der Waals surface area contributed by atoms with Gasteiger partial charge in [0.1, 0.15) is 0 Å². The van der Waals surface area contributed by atoms with E-state index in [0.29, 0.717) is 13.0 Å². The molecule has 0 unspecified atom stereocenters. The average molecular weight is 235 g/mol. The molecular weight excluding hydrogens is 214 g/mol. The summed E-state index contributed by atoms with van der Waals surface area (Å²) in [4.78, 5) is 0. The standard InChI is InChI=1S/C10H21NO3S/c1-2-10(6-3-4-7-10)11-8-5-9-15(12,13)14/h11H,2-9H2,1H3,(H,12,13,14). The first-order valence-corrected chi connectivity index (χ1v) is 7.29. The molecule has 0 bridgehead atoms. The Kier molecular flexibility index (Phi) is 4.55. The van der Waals surface area contributed by atoms with Crippen LogP contribution >= 0.6 is 0 Å². The number of hydrogen-bond acceptors (Lipinski definition) is 3. The Balaban J connectivity index is 2.24. The molecule has 1 saturated carbocycles. The van der Waals surface area contributed by atoms with Gasteiger partial charge >= 0.3 is 0 Å². The monoisotopic (exact) mass is 235 g/mol. The van der Waals surface area contributed by atoms with Crippen molar-refractivity contribution in [3.8, 4) is 0 Å². The van der Waals surface area contributed by atoms with Gasteiger partial charge in [-0.1, -0.05) is 19.8 Å². The van der Waals surface area contributed by atoms with Gasteiger partial charge < -0.3 is 5.32 Å². The third-order valence-electron chi connectivity index (χ3n) is 3.32. The fourth-order valence-corrected chi connectivity index (χ4v) is 2.82. The Bertz CT molecular complexity index is 281. The molecule has 0 aliphatic heterocycles. The van der Waals surface area contributed by atoms with Gasteiger partial charge in [0, 0.05) is 5.54 Å². The van der Waals surface area contributed by atoms with Crippen molar-refractivity contribution in [3.05, 3.63) is 0 Å². The highest BCUT2D eigenvalue weighted by Crippen LogP contribution is 2.32. The molecule has 0 spiro atoms. The van der Waals surface area contributed by atoms with Crippen LogP contribution in [-0.2, 0) is 10.1 Å². The van der Waals surface area contributed by atoms with Crippen LogP contribution in [0.4, 0.5) is 0 Å². The van der Waals surface area contributed by atoms with Crippen LogP contribution in [0.5, 0.6) is 0 Å². The molecule has 1 aliphatic rings. The minimum atomic E-state index is -3.79. The second kappa shape index (κ2) is 5.27. The Labute approximate surface area is 92.2 Å². The van der Waals surface area contributed by atoms with E-state index in [0.717, 1.165) is 6.42 Å². The molecular formula is C10H21NO3S. The van der Waals surface area contributed by atoms with E-state index < -0.39 is 10.1 Å². The quantitative estimate of drug-likeness (QED) is 0.542. The maximum absolute atomic E-state index is 10.5. The van der Waals surface area contributed by atoms with Gasteiger partial charge in [0.15, 0.2) is 0 Å². The normalized spacial score (nSPS) is 20.7. The molecule has 0 aromatic carbocycles. The summed E-state index contributed by atoms with van der Waals surface area (Å²) in [5.74, 6) is -0.139. The molecule has 0 aromatic rings. The summed E-state index contributed by atoms with van der Waals surface area (Å²) < 4.78 is 29.6. The van der Waals surface area contributed by atoms with E-state index in [-0.39, 0.29) is 11.3 Å². The zero-order valence-corrected chi connectivity index (χ0v) is 10.1. The average Bonchev–Trinajstić information content (AvgIpc) is 2.60. The molecule has 1 aliphatic carbocycles. The molecule has 1 rings (SSSR count). The van der Waals surface area contributed by atoms with E-state index >= 15 is 0 Å². The van der Waals surface area contributed by atoms with Crippen molar-refractivity contribution in [3.63, 3.8) is 0 Å². The Morgan fingerprint density at radius 2 is 1.93 bits per heavy atom. The van der Waals surface area contributed by atoms with Crippen molar-refractivity contribution in [2.75, 3.05) is 12.3 Å². The van der Waals surface area contributed by atoms with Crippen LogP contribution < -0.4 is 5.32 Å². The van der Waals surface area contributed by atoms with Crippen LogP contribution in [0.2, 0.25) is 0 Å². The minimum absolute atomic E-state index is 0.139. The summed E-state index contributed by atoms with van der Waals surface area (Å²) in [5, 5.41) is 3.44. The number of nitrogens with one attached hydrogen (secondary N) is 1. The Hall–Kier alpha value is -0.130. The van der Waals surface area contributed by atoms with E-state index in [1.54, 1.807) is 0 Å². The first-order chi connectivity index (χ1) is 6.97. The highest BCUT2D eigenvalue weighted by molar-refractivity contribution is 7.85. The van der Waals surface area contributed by atoms with Crippen LogP contribution in [0.15, 0.2) is 0 Å². The summed E-state index contributed by atoms with van der Waals surface area (Å²) in [5.41, 5.74) is 0.235. The van der Waals surface area contributed by atoms with Gasteiger partial charge in [-0.3, -0.25) is 4.55 Å². The van der Waals surface area contributed by atoms with Gasteiger partial charge in [0.2, 0.25) is 0 Å². The van der Waals surface area contributed by atoms with Crippen LogP contribution in [0.3, 0.4) is 0 Å². The predicted molar refractivity (Wildman–Crippen MR) is 60.5 cm³/mol. The first kappa shape index (κ1) is 12.9. The smallest absolute Gasteiger partial charge is 0.264 e. The van der Waals surface area contributed by atoms with Gasteiger partial charge in [-0.25, -0.2) is 0 Å². The summed E-state index contributed by atoms with van der Waals surface area (Å²) in [7, 11) is -3.79. The summed E-state index contributed by atoms with van der Waals surface area (Å²) in [6.07, 6.45) is 6.49. The molecule has 0 radical (unpaired) electrons. The van der Waals surface area contributed by atoms with Crippen LogP contribution in [0, 0.1) is 0 Å². The van der Waals surface area contributed by atoms with E-state index in [9.17, 15) is 8.42 Å². The lowest BCUT2D eigenvalue weighted by atomic mass is 9.94. The van der Waals surface area contributed by atoms with Crippen molar-refractivity contribution < 1.29 is 13.0 Å². The zero-order chi connectivity index (χ0) is 11.4. The van der Waals surface area contributed by atoms with Crippen LogP contribution in [0.25, 0.3) is 0 Å². The van der Waals surface area contributed by atoms with E-state index in [1.165, 1.54) is 25.7 Å². The summed E-state index contributed by atoms with van der Waals surface area (Å²) in [6, 6.07) is 0. The lowest BCUT2D eigenvalue weighted by molar-refractivity contribution is 0.321. The second-order valence-electron chi connectivity index (χ2n) is 4.41. The predicted octanol–water partition coefficient (Wildman–Crippen LogP) is 1.58. The molecule has 0 saturated heterocycles. The maximum atomic E-state index is 10.5. The molecule has 4 nitrogen and oxygen atoms in total. The number of rotatable bonds is 6. The maximum Gasteiger partial charge on any atom is 0.264 e.